The van der Waals surface area contributed by atoms with Gasteiger partial charge in [-0.1, -0.05) is 11.6 Å². The number of alkyl halides is 3. The maximum absolute atomic E-state index is 12.3. The number of carbonyl (C=O) groups is 3. The lowest BCUT2D eigenvalue weighted by Crippen LogP contribution is -2.24. The van der Waals surface area contributed by atoms with Crippen LogP contribution in [0.2, 0.25) is 5.02 Å². The fourth-order valence-electron chi connectivity index (χ4n) is 2.27. The van der Waals surface area contributed by atoms with E-state index in [9.17, 15) is 22.8 Å². The lowest BCUT2D eigenvalue weighted by Gasteiger charge is -2.12. The number of aromatic amines is 1. The van der Waals surface area contributed by atoms with Crippen molar-refractivity contribution in [3.05, 3.63) is 64.9 Å². The first kappa shape index (κ1) is 22.9. The van der Waals surface area contributed by atoms with Crippen molar-refractivity contribution < 1.29 is 37.4 Å². The second-order valence-corrected chi connectivity index (χ2v) is 6.26. The summed E-state index contributed by atoms with van der Waals surface area (Å²) in [7, 11) is 0. The second-order valence-electron chi connectivity index (χ2n) is 5.82. The van der Waals surface area contributed by atoms with Crippen molar-refractivity contribution in [2.45, 2.75) is 19.2 Å². The van der Waals surface area contributed by atoms with Gasteiger partial charge in [0.1, 0.15) is 5.65 Å². The first-order chi connectivity index (χ1) is 14.0. The largest absolute Gasteiger partial charge is 0.490 e. The number of halogens is 4. The molecule has 1 aromatic carbocycles. The van der Waals surface area contributed by atoms with Crippen molar-refractivity contribution in [3.8, 4) is 0 Å². The van der Waals surface area contributed by atoms with Gasteiger partial charge in [-0.3, -0.25) is 4.79 Å². The van der Waals surface area contributed by atoms with Crippen LogP contribution >= 0.6 is 11.6 Å². The molecule has 11 heteroatoms. The summed E-state index contributed by atoms with van der Waals surface area (Å²) in [5.74, 6) is -3.60. The van der Waals surface area contributed by atoms with Crippen LogP contribution in [0.3, 0.4) is 0 Å². The minimum atomic E-state index is -5.08. The minimum Gasteiger partial charge on any atom is -0.475 e. The topological polar surface area (TPSA) is 109 Å². The number of carbonyl (C=O) groups excluding carboxylic acids is 2. The number of carboxylic acid groups (broad SMARTS) is 1. The Kier molecular flexibility index (Phi) is 7.17. The Morgan fingerprint density at radius 1 is 1.13 bits per heavy atom. The Morgan fingerprint density at radius 3 is 2.30 bits per heavy atom. The van der Waals surface area contributed by atoms with Gasteiger partial charge in [-0.05, 0) is 43.3 Å². The van der Waals surface area contributed by atoms with Crippen LogP contribution in [0.5, 0.6) is 0 Å². The highest BCUT2D eigenvalue weighted by atomic mass is 35.5. The summed E-state index contributed by atoms with van der Waals surface area (Å²) in [6, 6.07) is 9.76. The van der Waals surface area contributed by atoms with E-state index in [1.807, 2.05) is 0 Å². The maximum atomic E-state index is 12.3. The molecule has 0 fully saturated rings. The lowest BCUT2D eigenvalue weighted by molar-refractivity contribution is -0.192. The van der Waals surface area contributed by atoms with E-state index in [-0.39, 0.29) is 5.78 Å². The SMILES string of the molecule is CC(OC(=O)c1ccnc2[nH]ccc12)C(=O)c1ccc(Cl)cc1.O=C(O)C(F)(F)F. The number of nitrogens with one attached hydrogen (secondary N) is 1. The summed E-state index contributed by atoms with van der Waals surface area (Å²) in [5, 5.41) is 8.32. The summed E-state index contributed by atoms with van der Waals surface area (Å²) in [6.07, 6.45) is -2.77. The molecular weight excluding hydrogens is 429 g/mol. The third kappa shape index (κ3) is 5.80. The second kappa shape index (κ2) is 9.40. The summed E-state index contributed by atoms with van der Waals surface area (Å²) in [5.41, 5.74) is 1.40. The van der Waals surface area contributed by atoms with Crippen molar-refractivity contribution in [3.63, 3.8) is 0 Å². The zero-order valence-electron chi connectivity index (χ0n) is 15.2. The smallest absolute Gasteiger partial charge is 0.475 e. The standard InChI is InChI=1S/C17H13ClN2O3.C2HF3O2/c1-10(15(21)11-2-4-12(18)5-3-11)23-17(22)14-7-9-20-16-13(14)6-8-19-16;3-2(4,5)1(6)7/h2-10H,1H3,(H,19,20);(H,6,7). The molecule has 0 radical (unpaired) electrons. The van der Waals surface area contributed by atoms with Crippen LogP contribution in [0.15, 0.2) is 48.8 Å². The summed E-state index contributed by atoms with van der Waals surface area (Å²) in [4.78, 5) is 40.5. The Morgan fingerprint density at radius 2 is 1.73 bits per heavy atom. The number of esters is 1. The number of hydrogen-bond acceptors (Lipinski definition) is 5. The Labute approximate surface area is 172 Å². The lowest BCUT2D eigenvalue weighted by atomic mass is 10.1. The van der Waals surface area contributed by atoms with Gasteiger partial charge >= 0.3 is 18.1 Å². The average Bonchev–Trinajstić information content (AvgIpc) is 3.16. The number of ketones is 1. The van der Waals surface area contributed by atoms with E-state index in [2.05, 4.69) is 9.97 Å². The van der Waals surface area contributed by atoms with E-state index >= 15 is 0 Å². The summed E-state index contributed by atoms with van der Waals surface area (Å²) >= 11 is 5.80. The highest BCUT2D eigenvalue weighted by Crippen LogP contribution is 2.18. The van der Waals surface area contributed by atoms with Crippen LogP contribution in [0.25, 0.3) is 11.0 Å². The molecule has 3 aromatic rings. The molecule has 2 heterocycles. The number of Topliss-reactive ketones (excluding diaryl/α,β-unsaturated/α-hetero) is 1. The Hall–Kier alpha value is -3.40. The molecule has 0 bridgehead atoms. The molecule has 2 aromatic heterocycles. The molecule has 0 saturated carbocycles. The Bertz CT molecular complexity index is 1060. The number of pyridine rings is 1. The van der Waals surface area contributed by atoms with E-state index in [0.29, 0.717) is 27.2 Å². The zero-order valence-corrected chi connectivity index (χ0v) is 16.0. The van der Waals surface area contributed by atoms with E-state index in [0.717, 1.165) is 0 Å². The number of fused-ring (bicyclic) bond motifs is 1. The molecule has 158 valence electrons. The molecule has 3 rings (SSSR count). The van der Waals surface area contributed by atoms with E-state index in [1.54, 1.807) is 49.5 Å². The fourth-order valence-corrected chi connectivity index (χ4v) is 2.39. The number of hydrogen-bond donors (Lipinski definition) is 2. The van der Waals surface area contributed by atoms with Gasteiger partial charge in [0, 0.05) is 28.4 Å². The highest BCUT2D eigenvalue weighted by Gasteiger charge is 2.38. The van der Waals surface area contributed by atoms with Crippen LogP contribution in [-0.4, -0.2) is 45.1 Å². The van der Waals surface area contributed by atoms with Gasteiger partial charge in [0.25, 0.3) is 0 Å². The van der Waals surface area contributed by atoms with Gasteiger partial charge in [0.2, 0.25) is 5.78 Å². The number of nitrogens with zero attached hydrogens (tertiary/aromatic N) is 1. The molecule has 0 aliphatic rings. The quantitative estimate of drug-likeness (QED) is 0.461. The molecule has 7 nitrogen and oxygen atoms in total. The monoisotopic (exact) mass is 442 g/mol. The van der Waals surface area contributed by atoms with Gasteiger partial charge in [0.15, 0.2) is 6.10 Å². The van der Waals surface area contributed by atoms with Crippen LogP contribution in [0.1, 0.15) is 27.6 Å². The molecule has 30 heavy (non-hydrogen) atoms. The number of ether oxygens (including phenoxy) is 1. The third-order valence-electron chi connectivity index (χ3n) is 3.70. The predicted octanol–water partition coefficient (Wildman–Crippen LogP) is 4.28. The molecule has 0 saturated heterocycles. The van der Waals surface area contributed by atoms with Gasteiger partial charge < -0.3 is 14.8 Å². The van der Waals surface area contributed by atoms with Gasteiger partial charge in [-0.25, -0.2) is 14.6 Å². The van der Waals surface area contributed by atoms with Crippen molar-refractivity contribution >= 4 is 40.4 Å². The van der Waals surface area contributed by atoms with Crippen molar-refractivity contribution in [2.75, 3.05) is 0 Å². The summed E-state index contributed by atoms with van der Waals surface area (Å²) in [6.45, 7) is 1.55. The first-order valence-electron chi connectivity index (χ1n) is 8.23. The number of aliphatic carboxylic acids is 1. The summed E-state index contributed by atoms with van der Waals surface area (Å²) < 4.78 is 37.0. The molecule has 0 amide bonds. The minimum absolute atomic E-state index is 0.283. The molecule has 0 aliphatic carbocycles. The van der Waals surface area contributed by atoms with Crippen LogP contribution < -0.4 is 0 Å². The molecular formula is C19H14ClF3N2O5. The predicted molar refractivity (Wildman–Crippen MR) is 100 cm³/mol. The molecule has 2 N–H and O–H groups in total. The highest BCUT2D eigenvalue weighted by molar-refractivity contribution is 6.30. The van der Waals surface area contributed by atoms with Gasteiger partial charge in [0.05, 0.1) is 5.56 Å². The number of H-pyrrole nitrogens is 1. The van der Waals surface area contributed by atoms with Crippen LogP contribution in [-0.2, 0) is 9.53 Å². The molecule has 1 unspecified atom stereocenters. The van der Waals surface area contributed by atoms with E-state index < -0.39 is 24.2 Å². The van der Waals surface area contributed by atoms with E-state index in [4.69, 9.17) is 26.2 Å². The Balaban J connectivity index is 0.000000396. The van der Waals surface area contributed by atoms with Crippen LogP contribution in [0, 0.1) is 0 Å². The van der Waals surface area contributed by atoms with Crippen molar-refractivity contribution in [2.24, 2.45) is 0 Å². The maximum Gasteiger partial charge on any atom is 0.490 e. The van der Waals surface area contributed by atoms with Crippen molar-refractivity contribution in [1.82, 2.24) is 9.97 Å². The van der Waals surface area contributed by atoms with Crippen LogP contribution in [0.4, 0.5) is 13.2 Å². The molecule has 0 aliphatic heterocycles. The zero-order chi connectivity index (χ0) is 22.5. The number of carboxylic acids is 1. The number of benzene rings is 1. The normalized spacial score (nSPS) is 11.9. The van der Waals surface area contributed by atoms with Gasteiger partial charge in [-0.15, -0.1) is 0 Å². The third-order valence-corrected chi connectivity index (χ3v) is 3.96. The van der Waals surface area contributed by atoms with Gasteiger partial charge in [-0.2, -0.15) is 13.2 Å². The number of aromatic nitrogens is 2. The number of rotatable bonds is 4. The average molecular weight is 443 g/mol. The van der Waals surface area contributed by atoms with Crippen molar-refractivity contribution in [1.29, 1.82) is 0 Å². The molecule has 1 atom stereocenters. The fraction of sp³-hybridized carbons (Fsp3) is 0.158. The first-order valence-corrected chi connectivity index (χ1v) is 8.61. The molecule has 0 spiro atoms. The van der Waals surface area contributed by atoms with E-state index in [1.165, 1.54) is 6.20 Å².